The minimum absolute atomic E-state index is 0.228. The van der Waals surface area contributed by atoms with E-state index in [2.05, 4.69) is 27.5 Å². The van der Waals surface area contributed by atoms with Gasteiger partial charge in [-0.25, -0.2) is 14.4 Å². The van der Waals surface area contributed by atoms with Gasteiger partial charge in [-0.15, -0.1) is 11.3 Å². The predicted molar refractivity (Wildman–Crippen MR) is 106 cm³/mol. The van der Waals surface area contributed by atoms with Gasteiger partial charge in [0, 0.05) is 30.6 Å². The second-order valence-corrected chi connectivity index (χ2v) is 7.03. The summed E-state index contributed by atoms with van der Waals surface area (Å²) in [4.78, 5) is 10.2. The van der Waals surface area contributed by atoms with E-state index in [4.69, 9.17) is 4.74 Å². The van der Waals surface area contributed by atoms with E-state index in [0.717, 1.165) is 36.9 Å². The quantitative estimate of drug-likeness (QED) is 0.519. The van der Waals surface area contributed by atoms with E-state index >= 15 is 0 Å². The Hall–Kier alpha value is -2.15. The number of guanidine groups is 1. The largest absolute Gasteiger partial charge is 0.486 e. The Kier molecular flexibility index (Phi) is 8.34. The third-order valence-corrected chi connectivity index (χ3v) is 4.80. The molecule has 0 fully saturated rings. The number of aryl methyl sites for hydroxylation is 1. The summed E-state index contributed by atoms with van der Waals surface area (Å²) in [6.45, 7) is 7.99. The molecule has 1 heterocycles. The highest BCUT2D eigenvalue weighted by Gasteiger charge is 2.08. The molecule has 0 radical (unpaired) electrons. The molecule has 1 unspecified atom stereocenters. The first-order valence-corrected chi connectivity index (χ1v) is 9.81. The number of thiazole rings is 1. The summed E-state index contributed by atoms with van der Waals surface area (Å²) in [7, 11) is 0. The Morgan fingerprint density at radius 2 is 2.12 bits per heavy atom. The molecule has 1 aromatic carbocycles. The van der Waals surface area contributed by atoms with Gasteiger partial charge < -0.3 is 15.4 Å². The van der Waals surface area contributed by atoms with Gasteiger partial charge in [0.25, 0.3) is 0 Å². The van der Waals surface area contributed by atoms with Crippen LogP contribution in [0.4, 0.5) is 4.39 Å². The van der Waals surface area contributed by atoms with E-state index in [-0.39, 0.29) is 17.7 Å². The summed E-state index contributed by atoms with van der Waals surface area (Å²) >= 11 is 1.75. The fraction of sp³-hybridized carbons (Fsp3) is 0.474. The lowest BCUT2D eigenvalue weighted by molar-refractivity contribution is 0.220. The van der Waals surface area contributed by atoms with Crippen molar-refractivity contribution in [2.75, 3.05) is 19.6 Å². The van der Waals surface area contributed by atoms with Crippen molar-refractivity contribution < 1.29 is 9.13 Å². The molecule has 2 aromatic rings. The van der Waals surface area contributed by atoms with Crippen LogP contribution < -0.4 is 15.4 Å². The summed E-state index contributed by atoms with van der Waals surface area (Å²) < 4.78 is 19.3. The average Bonchev–Trinajstić information content (AvgIpc) is 3.09. The first-order valence-electron chi connectivity index (χ1n) is 8.99. The molecule has 0 bridgehead atoms. The molecule has 0 amide bonds. The SMILES string of the molecule is CCNC(=NCC(C)Oc1ccccc1F)NCCc1ncc(CC)s1. The maximum Gasteiger partial charge on any atom is 0.191 e. The molecule has 5 nitrogen and oxygen atoms in total. The van der Waals surface area contributed by atoms with E-state index in [1.165, 1.54) is 10.9 Å². The van der Waals surface area contributed by atoms with Gasteiger partial charge in [-0.2, -0.15) is 0 Å². The molecule has 2 rings (SSSR count). The molecule has 0 aliphatic carbocycles. The first kappa shape index (κ1) is 20.2. The molecule has 0 aliphatic heterocycles. The zero-order valence-corrected chi connectivity index (χ0v) is 16.4. The molecule has 142 valence electrons. The highest BCUT2D eigenvalue weighted by atomic mass is 32.1. The van der Waals surface area contributed by atoms with Gasteiger partial charge in [0.1, 0.15) is 6.10 Å². The maximum atomic E-state index is 13.6. The lowest BCUT2D eigenvalue weighted by Gasteiger charge is -2.15. The Morgan fingerprint density at radius 1 is 1.31 bits per heavy atom. The lowest BCUT2D eigenvalue weighted by Crippen LogP contribution is -2.39. The molecule has 7 heteroatoms. The van der Waals surface area contributed by atoms with Crippen LogP contribution in [0.25, 0.3) is 0 Å². The predicted octanol–water partition coefficient (Wildman–Crippen LogP) is 3.41. The van der Waals surface area contributed by atoms with Crippen molar-refractivity contribution in [1.29, 1.82) is 0 Å². The summed E-state index contributed by atoms with van der Waals surface area (Å²) in [5, 5.41) is 7.64. The van der Waals surface area contributed by atoms with Crippen LogP contribution in [-0.2, 0) is 12.8 Å². The summed E-state index contributed by atoms with van der Waals surface area (Å²) in [5.41, 5.74) is 0. The van der Waals surface area contributed by atoms with Crippen LogP contribution in [0.15, 0.2) is 35.5 Å². The van der Waals surface area contributed by atoms with Crippen LogP contribution in [-0.4, -0.2) is 36.7 Å². The normalized spacial score (nSPS) is 12.7. The summed E-state index contributed by atoms with van der Waals surface area (Å²) in [5.74, 6) is 0.621. The van der Waals surface area contributed by atoms with Crippen molar-refractivity contribution >= 4 is 17.3 Å². The topological polar surface area (TPSA) is 58.5 Å². The highest BCUT2D eigenvalue weighted by Crippen LogP contribution is 2.17. The highest BCUT2D eigenvalue weighted by molar-refractivity contribution is 7.11. The van der Waals surface area contributed by atoms with E-state index in [9.17, 15) is 4.39 Å². The van der Waals surface area contributed by atoms with Crippen molar-refractivity contribution in [3.63, 3.8) is 0 Å². The number of nitrogens with zero attached hydrogens (tertiary/aromatic N) is 2. The van der Waals surface area contributed by atoms with Crippen LogP contribution >= 0.6 is 11.3 Å². The second kappa shape index (κ2) is 10.8. The monoisotopic (exact) mass is 378 g/mol. The van der Waals surface area contributed by atoms with E-state index in [1.54, 1.807) is 29.5 Å². The van der Waals surface area contributed by atoms with Gasteiger partial charge in [-0.05, 0) is 32.4 Å². The number of ether oxygens (including phenoxy) is 1. The summed E-state index contributed by atoms with van der Waals surface area (Å²) in [6.07, 6.45) is 3.60. The van der Waals surface area contributed by atoms with Gasteiger partial charge in [0.05, 0.1) is 11.6 Å². The molecule has 26 heavy (non-hydrogen) atoms. The average molecular weight is 379 g/mol. The van der Waals surface area contributed by atoms with Crippen LogP contribution in [0.5, 0.6) is 5.75 Å². The van der Waals surface area contributed by atoms with Gasteiger partial charge in [-0.1, -0.05) is 19.1 Å². The minimum atomic E-state index is -0.358. The number of para-hydroxylation sites is 1. The number of aliphatic imine (C=N–C) groups is 1. The number of hydrogen-bond donors (Lipinski definition) is 2. The molecule has 0 aliphatic rings. The number of hydrogen-bond acceptors (Lipinski definition) is 4. The van der Waals surface area contributed by atoms with Gasteiger partial charge >= 0.3 is 0 Å². The lowest BCUT2D eigenvalue weighted by atomic mass is 10.3. The van der Waals surface area contributed by atoms with Crippen molar-refractivity contribution in [3.05, 3.63) is 46.2 Å². The smallest absolute Gasteiger partial charge is 0.191 e. The fourth-order valence-electron chi connectivity index (χ4n) is 2.27. The summed E-state index contributed by atoms with van der Waals surface area (Å²) in [6, 6.07) is 6.41. The Morgan fingerprint density at radius 3 is 2.81 bits per heavy atom. The third-order valence-electron chi connectivity index (χ3n) is 3.60. The number of benzene rings is 1. The molecule has 2 N–H and O–H groups in total. The molecule has 1 aromatic heterocycles. The molecule has 0 saturated carbocycles. The number of aromatic nitrogens is 1. The number of halogens is 1. The van der Waals surface area contributed by atoms with E-state index < -0.39 is 0 Å². The second-order valence-electron chi connectivity index (χ2n) is 5.83. The maximum absolute atomic E-state index is 13.6. The zero-order chi connectivity index (χ0) is 18.8. The molecule has 0 spiro atoms. The van der Waals surface area contributed by atoms with Crippen molar-refractivity contribution in [2.24, 2.45) is 4.99 Å². The van der Waals surface area contributed by atoms with E-state index in [0.29, 0.717) is 6.54 Å². The molecular formula is C19H27FN4OS. The van der Waals surface area contributed by atoms with Crippen LogP contribution in [0, 0.1) is 5.82 Å². The fourth-order valence-corrected chi connectivity index (χ4v) is 3.13. The van der Waals surface area contributed by atoms with Crippen LogP contribution in [0.3, 0.4) is 0 Å². The zero-order valence-electron chi connectivity index (χ0n) is 15.6. The van der Waals surface area contributed by atoms with Crippen molar-refractivity contribution in [2.45, 2.75) is 39.7 Å². The Bertz CT molecular complexity index is 704. The molecule has 1 atom stereocenters. The first-order chi connectivity index (χ1) is 12.6. The van der Waals surface area contributed by atoms with Crippen molar-refractivity contribution in [1.82, 2.24) is 15.6 Å². The van der Waals surface area contributed by atoms with Gasteiger partial charge in [0.2, 0.25) is 0 Å². The van der Waals surface area contributed by atoms with Gasteiger partial charge in [-0.3, -0.25) is 0 Å². The number of nitrogens with one attached hydrogen (secondary N) is 2. The van der Waals surface area contributed by atoms with E-state index in [1.807, 2.05) is 20.0 Å². The minimum Gasteiger partial charge on any atom is -0.486 e. The Balaban J connectivity index is 1.82. The van der Waals surface area contributed by atoms with Crippen molar-refractivity contribution in [3.8, 4) is 5.75 Å². The van der Waals surface area contributed by atoms with Crippen LogP contribution in [0.2, 0.25) is 0 Å². The van der Waals surface area contributed by atoms with Gasteiger partial charge in [0.15, 0.2) is 17.5 Å². The van der Waals surface area contributed by atoms with Crippen LogP contribution in [0.1, 0.15) is 30.7 Å². The standard InChI is InChI=1S/C19H27FN4OS/c1-4-15-13-23-18(26-15)10-11-22-19(21-5-2)24-12-14(3)25-17-9-7-6-8-16(17)20/h6-9,13-14H,4-5,10-12H2,1-3H3,(H2,21,22,24). The number of rotatable bonds is 9. The Labute approximate surface area is 158 Å². The molecule has 0 saturated heterocycles. The third kappa shape index (κ3) is 6.63. The molecular weight excluding hydrogens is 351 g/mol.